The highest BCUT2D eigenvalue weighted by Gasteiger charge is 2.20. The predicted molar refractivity (Wildman–Crippen MR) is 63.0 cm³/mol. The summed E-state index contributed by atoms with van der Waals surface area (Å²) in [7, 11) is 1.62. The zero-order chi connectivity index (χ0) is 12.6. The molecule has 0 aromatic heterocycles. The molecular formula is C11H24N2O3. The Balaban J connectivity index is 3.79. The van der Waals surface area contributed by atoms with Gasteiger partial charge in [0.05, 0.1) is 11.6 Å². The van der Waals surface area contributed by atoms with Gasteiger partial charge in [-0.25, -0.2) is 0 Å². The van der Waals surface area contributed by atoms with Gasteiger partial charge in [-0.15, -0.1) is 0 Å². The molecule has 5 heteroatoms. The second kappa shape index (κ2) is 7.60. The Morgan fingerprint density at radius 2 is 2.25 bits per heavy atom. The number of carbonyl (C=O) groups is 1. The minimum absolute atomic E-state index is 0.218. The van der Waals surface area contributed by atoms with Crippen molar-refractivity contribution in [1.82, 2.24) is 5.32 Å². The lowest BCUT2D eigenvalue weighted by Crippen LogP contribution is -2.46. The van der Waals surface area contributed by atoms with Crippen molar-refractivity contribution in [3.63, 3.8) is 0 Å². The summed E-state index contributed by atoms with van der Waals surface area (Å²) in [6.07, 6.45) is 1.94. The second-order valence-corrected chi connectivity index (χ2v) is 4.31. The molecule has 0 aliphatic rings. The van der Waals surface area contributed by atoms with Gasteiger partial charge in [-0.3, -0.25) is 4.79 Å². The molecule has 0 fully saturated rings. The Morgan fingerprint density at radius 3 is 2.75 bits per heavy atom. The third-order valence-corrected chi connectivity index (χ3v) is 2.61. The standard InChI is InChI=1S/C11H24N2O3/c1-4-11(2,15)8-13-10(14)9(12)6-5-7-16-3/h9,15H,4-8,12H2,1-3H3,(H,13,14). The van der Waals surface area contributed by atoms with Crippen molar-refractivity contribution in [3.05, 3.63) is 0 Å². The van der Waals surface area contributed by atoms with Gasteiger partial charge in [0.1, 0.15) is 0 Å². The van der Waals surface area contributed by atoms with Crippen LogP contribution >= 0.6 is 0 Å². The Kier molecular flexibility index (Phi) is 7.29. The van der Waals surface area contributed by atoms with E-state index in [0.29, 0.717) is 19.4 Å². The Morgan fingerprint density at radius 1 is 1.62 bits per heavy atom. The minimum atomic E-state index is -0.859. The summed E-state index contributed by atoms with van der Waals surface area (Å²) in [5.74, 6) is -0.218. The van der Waals surface area contributed by atoms with Gasteiger partial charge in [0, 0.05) is 20.3 Å². The molecule has 0 aromatic carbocycles. The third-order valence-electron chi connectivity index (χ3n) is 2.61. The van der Waals surface area contributed by atoms with E-state index in [1.54, 1.807) is 14.0 Å². The van der Waals surface area contributed by atoms with Crippen LogP contribution in [0.1, 0.15) is 33.1 Å². The van der Waals surface area contributed by atoms with Crippen molar-refractivity contribution in [3.8, 4) is 0 Å². The van der Waals surface area contributed by atoms with E-state index in [9.17, 15) is 9.90 Å². The van der Waals surface area contributed by atoms with E-state index >= 15 is 0 Å². The van der Waals surface area contributed by atoms with Gasteiger partial charge >= 0.3 is 0 Å². The van der Waals surface area contributed by atoms with E-state index in [1.165, 1.54) is 0 Å². The lowest BCUT2D eigenvalue weighted by atomic mass is 10.0. The highest BCUT2D eigenvalue weighted by Crippen LogP contribution is 2.06. The van der Waals surface area contributed by atoms with E-state index in [4.69, 9.17) is 10.5 Å². The molecule has 0 aliphatic carbocycles. The number of methoxy groups -OCH3 is 1. The van der Waals surface area contributed by atoms with Crippen molar-refractivity contribution in [2.45, 2.75) is 44.8 Å². The van der Waals surface area contributed by atoms with Crippen LogP contribution < -0.4 is 11.1 Å². The van der Waals surface area contributed by atoms with E-state index in [0.717, 1.165) is 6.42 Å². The van der Waals surface area contributed by atoms with Gasteiger partial charge in [0.25, 0.3) is 0 Å². The molecular weight excluding hydrogens is 208 g/mol. The fourth-order valence-corrected chi connectivity index (χ4v) is 1.11. The first kappa shape index (κ1) is 15.3. The van der Waals surface area contributed by atoms with Crippen LogP contribution in [0.25, 0.3) is 0 Å². The van der Waals surface area contributed by atoms with E-state index in [-0.39, 0.29) is 12.5 Å². The number of nitrogens with two attached hydrogens (primary N) is 1. The molecule has 2 unspecified atom stereocenters. The van der Waals surface area contributed by atoms with Crippen molar-refractivity contribution in [2.75, 3.05) is 20.3 Å². The molecule has 0 spiro atoms. The van der Waals surface area contributed by atoms with Gasteiger partial charge in [0.2, 0.25) is 5.91 Å². The summed E-state index contributed by atoms with van der Waals surface area (Å²) in [6, 6.07) is -0.525. The highest BCUT2D eigenvalue weighted by atomic mass is 16.5. The number of carbonyl (C=O) groups excluding carboxylic acids is 1. The van der Waals surface area contributed by atoms with Crippen molar-refractivity contribution in [2.24, 2.45) is 5.73 Å². The molecule has 0 rings (SSSR count). The molecule has 0 bridgehead atoms. The summed E-state index contributed by atoms with van der Waals surface area (Å²) >= 11 is 0. The molecule has 0 radical (unpaired) electrons. The number of hydrogen-bond donors (Lipinski definition) is 3. The minimum Gasteiger partial charge on any atom is -0.388 e. The van der Waals surface area contributed by atoms with Gasteiger partial charge in [-0.05, 0) is 26.2 Å². The normalized spacial score (nSPS) is 16.6. The predicted octanol–water partition coefficient (Wildman–Crippen LogP) is 0.0175. The maximum absolute atomic E-state index is 11.5. The SMILES string of the molecule is CCC(C)(O)CNC(=O)C(N)CCCOC. The molecule has 0 saturated heterocycles. The van der Waals surface area contributed by atoms with Crippen LogP contribution in [-0.2, 0) is 9.53 Å². The number of hydrogen-bond acceptors (Lipinski definition) is 4. The maximum atomic E-state index is 11.5. The molecule has 0 aliphatic heterocycles. The fourth-order valence-electron chi connectivity index (χ4n) is 1.11. The first-order valence-electron chi connectivity index (χ1n) is 5.67. The lowest BCUT2D eigenvalue weighted by molar-refractivity contribution is -0.123. The van der Waals surface area contributed by atoms with Gasteiger partial charge in [-0.2, -0.15) is 0 Å². The smallest absolute Gasteiger partial charge is 0.237 e. The maximum Gasteiger partial charge on any atom is 0.237 e. The number of ether oxygens (including phenoxy) is 1. The molecule has 2 atom stereocenters. The van der Waals surface area contributed by atoms with E-state index in [1.807, 2.05) is 6.92 Å². The summed E-state index contributed by atoms with van der Waals surface area (Å²) in [6.45, 7) is 4.39. The first-order chi connectivity index (χ1) is 7.43. The second-order valence-electron chi connectivity index (χ2n) is 4.31. The third kappa shape index (κ3) is 6.76. The van der Waals surface area contributed by atoms with Crippen LogP contribution in [0.5, 0.6) is 0 Å². The quantitative estimate of drug-likeness (QED) is 0.515. The Bertz CT molecular complexity index is 207. The first-order valence-corrected chi connectivity index (χ1v) is 5.67. The zero-order valence-corrected chi connectivity index (χ0v) is 10.5. The molecule has 5 nitrogen and oxygen atoms in total. The van der Waals surface area contributed by atoms with Crippen LogP contribution in [-0.4, -0.2) is 42.9 Å². The topological polar surface area (TPSA) is 84.6 Å². The summed E-state index contributed by atoms with van der Waals surface area (Å²) in [5.41, 5.74) is 4.82. The summed E-state index contributed by atoms with van der Waals surface area (Å²) in [5, 5.41) is 12.3. The fraction of sp³-hybridized carbons (Fsp3) is 0.909. The van der Waals surface area contributed by atoms with Crippen LogP contribution in [0.2, 0.25) is 0 Å². The average Bonchev–Trinajstić information content (AvgIpc) is 2.26. The average molecular weight is 232 g/mol. The monoisotopic (exact) mass is 232 g/mol. The van der Waals surface area contributed by atoms with Crippen LogP contribution in [0, 0.1) is 0 Å². The van der Waals surface area contributed by atoms with Crippen molar-refractivity contribution < 1.29 is 14.6 Å². The number of amides is 1. The molecule has 0 aromatic rings. The molecule has 0 saturated carbocycles. The van der Waals surface area contributed by atoms with E-state index in [2.05, 4.69) is 5.32 Å². The van der Waals surface area contributed by atoms with Crippen LogP contribution in [0.15, 0.2) is 0 Å². The number of nitrogens with one attached hydrogen (secondary N) is 1. The van der Waals surface area contributed by atoms with Gasteiger partial charge in [-0.1, -0.05) is 6.92 Å². The van der Waals surface area contributed by atoms with Crippen LogP contribution in [0.4, 0.5) is 0 Å². The van der Waals surface area contributed by atoms with E-state index < -0.39 is 11.6 Å². The van der Waals surface area contributed by atoms with Gasteiger partial charge < -0.3 is 20.9 Å². The lowest BCUT2D eigenvalue weighted by Gasteiger charge is -2.22. The summed E-state index contributed by atoms with van der Waals surface area (Å²) in [4.78, 5) is 11.5. The Hall–Kier alpha value is -0.650. The molecule has 96 valence electrons. The van der Waals surface area contributed by atoms with Crippen molar-refractivity contribution >= 4 is 5.91 Å². The zero-order valence-electron chi connectivity index (χ0n) is 10.5. The number of aliphatic hydroxyl groups is 1. The molecule has 1 amide bonds. The highest BCUT2D eigenvalue weighted by molar-refractivity contribution is 5.81. The largest absolute Gasteiger partial charge is 0.388 e. The molecule has 16 heavy (non-hydrogen) atoms. The summed E-state index contributed by atoms with van der Waals surface area (Å²) < 4.78 is 4.88. The molecule has 0 heterocycles. The van der Waals surface area contributed by atoms with Crippen molar-refractivity contribution in [1.29, 1.82) is 0 Å². The van der Waals surface area contributed by atoms with Crippen LogP contribution in [0.3, 0.4) is 0 Å². The van der Waals surface area contributed by atoms with Gasteiger partial charge in [0.15, 0.2) is 0 Å². The number of rotatable bonds is 8. The molecule has 4 N–H and O–H groups in total. The Labute approximate surface area is 97.3 Å².